The smallest absolute Gasteiger partial charge is 0.252 e. The second-order valence-corrected chi connectivity index (χ2v) is 36.9. The zero-order chi connectivity index (χ0) is 80.4. The summed E-state index contributed by atoms with van der Waals surface area (Å²) in [6.45, 7) is 27.7. The SMILES string of the molecule is CC(C)(C)c1ccc2c(c1)c1cc(C(C)(C)C)ccc1n2-c1ccc2c(c1)N(c1c(-c3ccccc3)cccc1-c1ccccc1)c1cc3[nH]c4c(-c5ccccc5-c5ccccc5-c5ccccc5)cccc4c3c3c1B2c1ccc(-n2c4ccc(C(C)(C)C)cc4c4cc(C(C)(C)C)ccc42)cc1N3c1ccc(-c2ccccc2)cc1. The van der Waals surface area contributed by atoms with Crippen molar-refractivity contribution in [1.82, 2.24) is 14.1 Å². The minimum atomic E-state index is -0.297. The van der Waals surface area contributed by atoms with Crippen molar-refractivity contribution in [2.45, 2.75) is 105 Å². The summed E-state index contributed by atoms with van der Waals surface area (Å²) in [5.74, 6) is 0. The Balaban J connectivity index is 0.920. The first-order valence-corrected chi connectivity index (χ1v) is 41.9. The average molecular weight is 1520 g/mol. The first kappa shape index (κ1) is 72.3. The molecule has 6 heteroatoms. The van der Waals surface area contributed by atoms with Gasteiger partial charge in [0.05, 0.1) is 44.5 Å². The summed E-state index contributed by atoms with van der Waals surface area (Å²) in [6, 6.07) is 132. The predicted molar refractivity (Wildman–Crippen MR) is 506 cm³/mol. The van der Waals surface area contributed by atoms with Gasteiger partial charge < -0.3 is 23.9 Å². The predicted octanol–water partition coefficient (Wildman–Crippen LogP) is 28.8. The summed E-state index contributed by atoms with van der Waals surface area (Å²) in [7, 11) is 0. The number of para-hydroxylation sites is 2. The Morgan fingerprint density at radius 2 is 0.593 bits per heavy atom. The van der Waals surface area contributed by atoms with Crippen molar-refractivity contribution < 1.29 is 0 Å². The Kier molecular flexibility index (Phi) is 16.6. The Labute approximate surface area is 692 Å². The maximum Gasteiger partial charge on any atom is 0.252 e. The molecule has 2 aliphatic rings. The Bertz CT molecular complexity index is 7060. The van der Waals surface area contributed by atoms with E-state index in [2.05, 4.69) is 453 Å². The zero-order valence-corrected chi connectivity index (χ0v) is 69.3. The lowest BCUT2D eigenvalue weighted by atomic mass is 9.33. The van der Waals surface area contributed by atoms with E-state index in [9.17, 15) is 0 Å². The van der Waals surface area contributed by atoms with Gasteiger partial charge in [0, 0.05) is 83.1 Å². The second-order valence-electron chi connectivity index (χ2n) is 36.9. The quantitative estimate of drug-likeness (QED) is 0.138. The third-order valence-electron chi connectivity index (χ3n) is 25.5. The van der Waals surface area contributed by atoms with Gasteiger partial charge in [-0.25, -0.2) is 0 Å². The summed E-state index contributed by atoms with van der Waals surface area (Å²) >= 11 is 0. The molecule has 1 N–H and O–H groups in total. The van der Waals surface area contributed by atoms with Gasteiger partial charge in [-0.05, 0) is 201 Å². The number of aromatic nitrogens is 3. The van der Waals surface area contributed by atoms with Gasteiger partial charge in [-0.1, -0.05) is 338 Å². The van der Waals surface area contributed by atoms with Crippen LogP contribution in [0, 0.1) is 0 Å². The third kappa shape index (κ3) is 11.7. The van der Waals surface area contributed by atoms with Crippen molar-refractivity contribution in [1.29, 1.82) is 0 Å². The molecule has 0 atom stereocenters. The number of hydrogen-bond acceptors (Lipinski definition) is 2. The van der Waals surface area contributed by atoms with Crippen molar-refractivity contribution in [2.24, 2.45) is 0 Å². The fraction of sp³-hybridized carbons (Fsp3) is 0.143. The molecule has 0 unspecified atom stereocenters. The molecular formula is C112H94BN5. The lowest BCUT2D eigenvalue weighted by molar-refractivity contribution is 0.590. The van der Waals surface area contributed by atoms with Crippen LogP contribution in [0.3, 0.4) is 0 Å². The molecule has 16 aromatic carbocycles. The Morgan fingerprint density at radius 1 is 0.246 bits per heavy atom. The largest absolute Gasteiger partial charge is 0.354 e. The van der Waals surface area contributed by atoms with Crippen LogP contribution >= 0.6 is 0 Å². The first-order valence-electron chi connectivity index (χ1n) is 41.9. The van der Waals surface area contributed by atoms with Gasteiger partial charge in [0.15, 0.2) is 0 Å². The number of hydrogen-bond donors (Lipinski definition) is 1. The van der Waals surface area contributed by atoms with Crippen LogP contribution in [0.1, 0.15) is 105 Å². The van der Waals surface area contributed by atoms with Crippen molar-refractivity contribution >= 4 is 123 Å². The number of rotatable bonds is 10. The number of H-pyrrole nitrogens is 1. The fourth-order valence-corrected chi connectivity index (χ4v) is 19.4. The van der Waals surface area contributed by atoms with Crippen LogP contribution in [0.5, 0.6) is 0 Å². The van der Waals surface area contributed by atoms with Gasteiger partial charge >= 0.3 is 0 Å². The molecule has 19 aromatic rings. The highest BCUT2D eigenvalue weighted by atomic mass is 15.2. The summed E-state index contributed by atoms with van der Waals surface area (Å²) in [5.41, 5.74) is 38.1. The van der Waals surface area contributed by atoms with Crippen LogP contribution in [0.15, 0.2) is 346 Å². The molecule has 0 aliphatic carbocycles. The van der Waals surface area contributed by atoms with E-state index in [1.165, 1.54) is 110 Å². The third-order valence-corrected chi connectivity index (χ3v) is 25.5. The lowest BCUT2D eigenvalue weighted by Crippen LogP contribution is -2.61. The van der Waals surface area contributed by atoms with Crippen molar-refractivity contribution in [2.75, 3.05) is 9.80 Å². The molecule has 0 fully saturated rings. The van der Waals surface area contributed by atoms with E-state index in [-0.39, 0.29) is 28.4 Å². The molecule has 0 spiro atoms. The van der Waals surface area contributed by atoms with E-state index in [0.29, 0.717) is 0 Å². The van der Waals surface area contributed by atoms with Crippen LogP contribution in [-0.4, -0.2) is 20.8 Å². The molecule has 570 valence electrons. The van der Waals surface area contributed by atoms with Gasteiger partial charge in [0.2, 0.25) is 0 Å². The van der Waals surface area contributed by atoms with Crippen LogP contribution in [0.4, 0.5) is 34.1 Å². The van der Waals surface area contributed by atoms with Crippen molar-refractivity contribution in [3.63, 3.8) is 0 Å². The van der Waals surface area contributed by atoms with Crippen molar-refractivity contribution in [3.8, 4) is 78.1 Å². The minimum Gasteiger partial charge on any atom is -0.354 e. The maximum atomic E-state index is 4.40. The molecular weight excluding hydrogens is 1430 g/mol. The molecule has 21 rings (SSSR count). The van der Waals surface area contributed by atoms with E-state index >= 15 is 0 Å². The van der Waals surface area contributed by atoms with E-state index in [1.54, 1.807) is 0 Å². The number of nitrogens with one attached hydrogen (secondary N) is 1. The summed E-state index contributed by atoms with van der Waals surface area (Å²) < 4.78 is 5.12. The Morgan fingerprint density at radius 3 is 1.03 bits per heavy atom. The topological polar surface area (TPSA) is 32.1 Å². The highest BCUT2D eigenvalue weighted by Gasteiger charge is 2.46. The number of nitrogens with zero attached hydrogens (tertiary/aromatic N) is 4. The summed E-state index contributed by atoms with van der Waals surface area (Å²) in [4.78, 5) is 9.77. The fourth-order valence-electron chi connectivity index (χ4n) is 19.4. The number of anilines is 6. The molecule has 5 heterocycles. The highest BCUT2D eigenvalue weighted by molar-refractivity contribution is 7.00. The van der Waals surface area contributed by atoms with Crippen LogP contribution in [-0.2, 0) is 21.7 Å². The normalized spacial score (nSPS) is 13.0. The molecule has 2 aliphatic heterocycles. The standard InChI is InChI=1S/C112H94BN5/c1-109(2,3)75-49-59-97-90(63-75)91-64-76(110(4,5)6)50-60-98(91)115(97)80-55-57-94-101(67-80)117(79-53-47-71(48-54-79)70-31-17-13-18-32-70)108-104-89-46-30-45-88(87-42-28-27-41-86(87)85-40-26-25-39-82(85)72-33-19-14-20-34-72)106(89)114-96(104)69-103-105(108)113(94)95-58-56-81(116-99-61-51-77(111(7,8)9)65-92(99)93-66-78(112(10,11)12)52-62-100(93)116)68-102(95)118(103)107-83(73-35-21-15-22-36-73)43-29-44-84(107)74-37-23-16-24-38-74/h13-69,114H,1-12H3. The second kappa shape index (κ2) is 27.1. The van der Waals surface area contributed by atoms with Gasteiger partial charge in [-0.15, -0.1) is 0 Å². The molecule has 3 aromatic heterocycles. The van der Waals surface area contributed by atoms with Gasteiger partial charge in [0.1, 0.15) is 0 Å². The number of aromatic amines is 1. The number of benzene rings is 16. The molecule has 0 radical (unpaired) electrons. The van der Waals surface area contributed by atoms with E-state index in [4.69, 9.17) is 0 Å². The number of fused-ring (bicyclic) bond motifs is 14. The van der Waals surface area contributed by atoms with Crippen LogP contribution in [0.25, 0.3) is 144 Å². The van der Waals surface area contributed by atoms with Gasteiger partial charge in [0.25, 0.3) is 6.71 Å². The van der Waals surface area contributed by atoms with E-state index < -0.39 is 0 Å². The molecule has 0 amide bonds. The van der Waals surface area contributed by atoms with Gasteiger partial charge in [-0.2, -0.15) is 0 Å². The summed E-state index contributed by atoms with van der Waals surface area (Å²) in [5, 5.41) is 7.32. The lowest BCUT2D eigenvalue weighted by Gasteiger charge is -2.45. The molecule has 0 saturated carbocycles. The van der Waals surface area contributed by atoms with Gasteiger partial charge in [-0.3, -0.25) is 0 Å². The maximum absolute atomic E-state index is 4.40. The van der Waals surface area contributed by atoms with E-state index in [0.717, 1.165) is 106 Å². The Hall–Kier alpha value is -13.4. The average Bonchev–Trinajstić information content (AvgIpc) is 0.700. The minimum absolute atomic E-state index is 0.0698. The molecule has 0 saturated heterocycles. The summed E-state index contributed by atoms with van der Waals surface area (Å²) in [6.07, 6.45) is 0. The van der Waals surface area contributed by atoms with Crippen LogP contribution < -0.4 is 26.2 Å². The van der Waals surface area contributed by atoms with E-state index in [1.807, 2.05) is 0 Å². The highest BCUT2D eigenvalue weighted by Crippen LogP contribution is 2.55. The molecule has 5 nitrogen and oxygen atoms in total. The first-order chi connectivity index (χ1) is 57.1. The molecule has 0 bridgehead atoms. The van der Waals surface area contributed by atoms with Crippen LogP contribution in [0.2, 0.25) is 0 Å². The van der Waals surface area contributed by atoms with Crippen molar-refractivity contribution in [3.05, 3.63) is 368 Å². The monoisotopic (exact) mass is 1520 g/mol. The molecule has 118 heavy (non-hydrogen) atoms. The zero-order valence-electron chi connectivity index (χ0n) is 69.3.